The van der Waals surface area contributed by atoms with E-state index in [0.717, 1.165) is 5.56 Å². The third kappa shape index (κ3) is 3.84. The molecule has 0 N–H and O–H groups in total. The molecule has 3 fully saturated rings. The normalized spacial score (nSPS) is 39.9. The maximum atomic E-state index is 13.0. The number of esters is 3. The van der Waals surface area contributed by atoms with Crippen LogP contribution in [0, 0.1) is 28.6 Å². The second-order valence-electron chi connectivity index (χ2n) is 12.0. The van der Waals surface area contributed by atoms with E-state index < -0.39 is 64.3 Å². The first-order chi connectivity index (χ1) is 18.3. The molecule has 3 aliphatic carbocycles. The Labute approximate surface area is 227 Å². The molecule has 1 spiro atoms. The Bertz CT molecular complexity index is 1240. The van der Waals surface area contributed by atoms with E-state index in [0.29, 0.717) is 12.0 Å². The molecule has 1 saturated heterocycles. The van der Waals surface area contributed by atoms with Gasteiger partial charge in [0.15, 0.2) is 5.78 Å². The molecule has 2 heterocycles. The summed E-state index contributed by atoms with van der Waals surface area (Å²) in [6.45, 7) is 12.8. The van der Waals surface area contributed by atoms with Gasteiger partial charge in [0.25, 0.3) is 0 Å². The number of furan rings is 1. The zero-order valence-corrected chi connectivity index (χ0v) is 23.2. The number of hydrogen-bond acceptors (Lipinski definition) is 9. The van der Waals surface area contributed by atoms with Crippen LogP contribution in [-0.2, 0) is 38.1 Å². The van der Waals surface area contributed by atoms with Crippen LogP contribution in [-0.4, -0.2) is 54.7 Å². The molecule has 9 unspecified atom stereocenters. The van der Waals surface area contributed by atoms with Gasteiger partial charge in [0.2, 0.25) is 0 Å². The molecular formula is C30H36O9. The van der Waals surface area contributed by atoms with Gasteiger partial charge in [-0.3, -0.25) is 19.2 Å². The highest BCUT2D eigenvalue weighted by Gasteiger charge is 2.83. The molecule has 210 valence electrons. The number of hydrogen-bond donors (Lipinski definition) is 0. The number of epoxide rings is 1. The lowest BCUT2D eigenvalue weighted by Crippen LogP contribution is -2.64. The third-order valence-electron chi connectivity index (χ3n) is 9.89. The minimum atomic E-state index is -0.939. The van der Waals surface area contributed by atoms with Crippen LogP contribution in [0.1, 0.15) is 58.9 Å². The number of ketones is 1. The molecule has 1 aliphatic heterocycles. The molecular weight excluding hydrogens is 504 g/mol. The minimum absolute atomic E-state index is 0.0226. The van der Waals surface area contributed by atoms with Crippen LogP contribution in [0.15, 0.2) is 47.3 Å². The summed E-state index contributed by atoms with van der Waals surface area (Å²) in [5, 5.41) is 0. The zero-order chi connectivity index (χ0) is 28.5. The lowest BCUT2D eigenvalue weighted by molar-refractivity contribution is -0.201. The fourth-order valence-electron chi connectivity index (χ4n) is 7.95. The van der Waals surface area contributed by atoms with Crippen LogP contribution in [0.2, 0.25) is 0 Å². The molecule has 0 radical (unpaired) electrons. The summed E-state index contributed by atoms with van der Waals surface area (Å²) in [5.74, 6) is -3.30. The average Bonchev–Trinajstić information content (AvgIpc) is 3.21. The summed E-state index contributed by atoms with van der Waals surface area (Å²) in [5.41, 5.74) is -0.951. The van der Waals surface area contributed by atoms with Crippen molar-refractivity contribution in [3.63, 3.8) is 0 Å². The molecule has 39 heavy (non-hydrogen) atoms. The second-order valence-corrected chi connectivity index (χ2v) is 12.0. The molecule has 0 amide bonds. The molecule has 9 heteroatoms. The van der Waals surface area contributed by atoms with Gasteiger partial charge in [0.05, 0.1) is 31.2 Å². The van der Waals surface area contributed by atoms with Gasteiger partial charge in [-0.25, -0.2) is 0 Å². The van der Waals surface area contributed by atoms with Crippen LogP contribution in [0.4, 0.5) is 0 Å². The monoisotopic (exact) mass is 540 g/mol. The third-order valence-corrected chi connectivity index (χ3v) is 9.89. The van der Waals surface area contributed by atoms with Gasteiger partial charge in [0.1, 0.15) is 17.8 Å². The number of carbonyl (C=O) groups excluding carboxylic acids is 4. The van der Waals surface area contributed by atoms with Crippen LogP contribution >= 0.6 is 0 Å². The van der Waals surface area contributed by atoms with Crippen molar-refractivity contribution < 1.29 is 42.5 Å². The number of rotatable bonds is 6. The van der Waals surface area contributed by atoms with Gasteiger partial charge in [-0.15, -0.1) is 0 Å². The highest BCUT2D eigenvalue weighted by molar-refractivity contribution is 5.96. The van der Waals surface area contributed by atoms with Gasteiger partial charge in [-0.1, -0.05) is 33.4 Å². The van der Waals surface area contributed by atoms with Gasteiger partial charge in [-0.2, -0.15) is 0 Å². The molecule has 4 aliphatic rings. The molecule has 9 atom stereocenters. The Morgan fingerprint density at radius 1 is 1.13 bits per heavy atom. The average molecular weight is 541 g/mol. The Kier molecular flexibility index (Phi) is 6.44. The van der Waals surface area contributed by atoms with Gasteiger partial charge >= 0.3 is 17.9 Å². The van der Waals surface area contributed by atoms with Crippen molar-refractivity contribution in [2.24, 2.45) is 28.6 Å². The van der Waals surface area contributed by atoms with Crippen LogP contribution < -0.4 is 0 Å². The highest BCUT2D eigenvalue weighted by Crippen LogP contribution is 2.75. The predicted molar refractivity (Wildman–Crippen MR) is 137 cm³/mol. The van der Waals surface area contributed by atoms with E-state index in [1.54, 1.807) is 32.4 Å². The standard InChI is InChI=1S/C30H36O9/c1-15-25(19-8-9-22(33)28(4,5)21(19)13-24(34)35-7)26(37-16(2)31)27(38-17(3)32)29(6)20(18-10-11-36-14-18)12-23-30(15,29)39-23/h8-11,14,19-21,23,25-27H,1,12-13H2,2-7H3. The number of methoxy groups -OCH3 is 1. The van der Waals surface area contributed by atoms with E-state index in [2.05, 4.69) is 6.58 Å². The van der Waals surface area contributed by atoms with Crippen molar-refractivity contribution in [1.82, 2.24) is 0 Å². The SMILES string of the molecule is C=C1C(C2C=CC(=O)C(C)(C)C2CC(=O)OC)C(OC(C)=O)C(OC(C)=O)C2(C)C(c3ccoc3)CC3OC132. The topological polar surface area (TPSA) is 122 Å². The Balaban J connectivity index is 1.68. The smallest absolute Gasteiger partial charge is 0.305 e. The van der Waals surface area contributed by atoms with E-state index >= 15 is 0 Å². The summed E-state index contributed by atoms with van der Waals surface area (Å²) in [6, 6.07) is 1.89. The van der Waals surface area contributed by atoms with E-state index in [-0.39, 0.29) is 24.2 Å². The van der Waals surface area contributed by atoms with E-state index in [1.165, 1.54) is 27.0 Å². The quantitative estimate of drug-likeness (QED) is 0.229. The molecule has 5 rings (SSSR count). The van der Waals surface area contributed by atoms with Crippen LogP contribution in [0.3, 0.4) is 0 Å². The first-order valence-corrected chi connectivity index (χ1v) is 13.3. The largest absolute Gasteiger partial charge is 0.472 e. The fraction of sp³-hybridized carbons (Fsp3) is 0.600. The predicted octanol–water partition coefficient (Wildman–Crippen LogP) is 3.92. The van der Waals surface area contributed by atoms with Gasteiger partial charge < -0.3 is 23.4 Å². The van der Waals surface area contributed by atoms with Crippen molar-refractivity contribution in [1.29, 1.82) is 0 Å². The molecule has 1 aromatic heterocycles. The maximum absolute atomic E-state index is 13.0. The van der Waals surface area contributed by atoms with Crippen molar-refractivity contribution in [2.75, 3.05) is 7.11 Å². The van der Waals surface area contributed by atoms with Crippen molar-refractivity contribution in [2.45, 2.75) is 77.3 Å². The van der Waals surface area contributed by atoms with Crippen LogP contribution in [0.25, 0.3) is 0 Å². The first kappa shape index (κ1) is 27.4. The second kappa shape index (κ2) is 9.18. The van der Waals surface area contributed by atoms with E-state index in [9.17, 15) is 19.2 Å². The molecule has 0 bridgehead atoms. The Morgan fingerprint density at radius 2 is 1.82 bits per heavy atom. The highest BCUT2D eigenvalue weighted by atomic mass is 16.6. The molecule has 0 aromatic carbocycles. The van der Waals surface area contributed by atoms with E-state index in [4.69, 9.17) is 23.4 Å². The zero-order valence-electron chi connectivity index (χ0n) is 23.2. The molecule has 9 nitrogen and oxygen atoms in total. The summed E-state index contributed by atoms with van der Waals surface area (Å²) in [7, 11) is 1.31. The minimum Gasteiger partial charge on any atom is -0.472 e. The lowest BCUT2D eigenvalue weighted by atomic mass is 9.51. The molecule has 2 saturated carbocycles. The maximum Gasteiger partial charge on any atom is 0.305 e. The first-order valence-electron chi connectivity index (χ1n) is 13.3. The van der Waals surface area contributed by atoms with Gasteiger partial charge in [-0.05, 0) is 41.5 Å². The fourth-order valence-corrected chi connectivity index (χ4v) is 7.95. The van der Waals surface area contributed by atoms with E-state index in [1.807, 2.05) is 13.0 Å². The van der Waals surface area contributed by atoms with Gasteiger partial charge in [0, 0.05) is 37.5 Å². The lowest BCUT2D eigenvalue weighted by Gasteiger charge is -2.56. The van der Waals surface area contributed by atoms with Crippen molar-refractivity contribution >= 4 is 23.7 Å². The summed E-state index contributed by atoms with van der Waals surface area (Å²) < 4.78 is 28.9. The molecule has 1 aromatic rings. The van der Waals surface area contributed by atoms with Crippen LogP contribution in [0.5, 0.6) is 0 Å². The summed E-state index contributed by atoms with van der Waals surface area (Å²) in [4.78, 5) is 50.7. The summed E-state index contributed by atoms with van der Waals surface area (Å²) in [6.07, 6.45) is 5.18. The Hall–Kier alpha value is -3.20. The van der Waals surface area contributed by atoms with Crippen molar-refractivity contribution in [3.05, 3.63) is 48.5 Å². The summed E-state index contributed by atoms with van der Waals surface area (Å²) >= 11 is 0. The number of carbonyl (C=O) groups is 4. The number of ether oxygens (including phenoxy) is 4. The number of allylic oxidation sites excluding steroid dienone is 2. The van der Waals surface area contributed by atoms with Crippen molar-refractivity contribution in [3.8, 4) is 0 Å². The Morgan fingerprint density at radius 3 is 2.41 bits per heavy atom.